The first kappa shape index (κ1) is 25.5. The minimum Gasteiger partial charge on any atom is -0.453 e. The SMILES string of the molecule is COC(=O)Nc1ccc(-c2cnc([C@H](Cc3ccccc3)N3CCc4cc(CN)ccc4C3=O)[nH]2)c(Cl)c1. The van der Waals surface area contributed by atoms with Crippen LogP contribution in [0, 0.1) is 0 Å². The summed E-state index contributed by atoms with van der Waals surface area (Å²) in [6.07, 6.45) is 2.49. The summed E-state index contributed by atoms with van der Waals surface area (Å²) in [5.74, 6) is 0.650. The Morgan fingerprint density at radius 3 is 2.66 bits per heavy atom. The van der Waals surface area contributed by atoms with Gasteiger partial charge in [-0.15, -0.1) is 0 Å². The monoisotopic (exact) mass is 529 g/mol. The molecule has 194 valence electrons. The maximum Gasteiger partial charge on any atom is 0.411 e. The fourth-order valence-corrected chi connectivity index (χ4v) is 5.08. The van der Waals surface area contributed by atoms with Gasteiger partial charge in [0.2, 0.25) is 0 Å². The number of imidazole rings is 1. The van der Waals surface area contributed by atoms with Gasteiger partial charge in [0.25, 0.3) is 5.91 Å². The molecule has 0 fully saturated rings. The quantitative estimate of drug-likeness (QED) is 0.299. The van der Waals surface area contributed by atoms with E-state index in [0.717, 1.165) is 28.7 Å². The van der Waals surface area contributed by atoms with Crippen LogP contribution in [0.4, 0.5) is 10.5 Å². The van der Waals surface area contributed by atoms with Gasteiger partial charge in [0, 0.05) is 36.3 Å². The maximum absolute atomic E-state index is 13.7. The van der Waals surface area contributed by atoms with Gasteiger partial charge in [-0.25, -0.2) is 9.78 Å². The molecule has 1 atom stereocenters. The zero-order valence-electron chi connectivity index (χ0n) is 20.9. The van der Waals surface area contributed by atoms with Crippen LogP contribution in [0.5, 0.6) is 0 Å². The van der Waals surface area contributed by atoms with Gasteiger partial charge in [-0.05, 0) is 47.4 Å². The van der Waals surface area contributed by atoms with Gasteiger partial charge in [0.15, 0.2) is 0 Å². The molecule has 4 aromatic rings. The van der Waals surface area contributed by atoms with Gasteiger partial charge >= 0.3 is 6.09 Å². The summed E-state index contributed by atoms with van der Waals surface area (Å²) in [5, 5.41) is 3.04. The summed E-state index contributed by atoms with van der Waals surface area (Å²) in [4.78, 5) is 35.2. The first-order valence-electron chi connectivity index (χ1n) is 12.3. The number of carbonyl (C=O) groups is 2. The number of methoxy groups -OCH3 is 1. The maximum atomic E-state index is 13.7. The molecule has 0 unspecified atom stereocenters. The van der Waals surface area contributed by atoms with E-state index in [-0.39, 0.29) is 11.9 Å². The standard InChI is InChI=1S/C29H28ClN5O3/c1-38-29(37)33-21-8-10-23(24(30)15-21)25-17-32-27(34-25)26(14-18-5-3-2-4-6-18)35-12-11-20-13-19(16-31)7-9-22(20)28(35)36/h2-10,13,15,17,26H,11-12,14,16,31H2,1H3,(H,32,34)(H,33,37)/t26-/m0/s1. The van der Waals surface area contributed by atoms with Crippen molar-refractivity contribution in [1.82, 2.24) is 14.9 Å². The highest BCUT2D eigenvalue weighted by molar-refractivity contribution is 6.33. The average molecular weight is 530 g/mol. The number of carbonyl (C=O) groups excluding carboxylic acids is 2. The number of benzene rings is 3. The predicted molar refractivity (Wildman–Crippen MR) is 147 cm³/mol. The van der Waals surface area contributed by atoms with Crippen LogP contribution in [0.2, 0.25) is 5.02 Å². The molecule has 0 saturated heterocycles. The Morgan fingerprint density at radius 1 is 1.13 bits per heavy atom. The van der Waals surface area contributed by atoms with E-state index < -0.39 is 6.09 Å². The summed E-state index contributed by atoms with van der Waals surface area (Å²) in [6, 6.07) is 20.8. The zero-order valence-corrected chi connectivity index (χ0v) is 21.7. The van der Waals surface area contributed by atoms with E-state index in [0.29, 0.717) is 47.3 Å². The fraction of sp³-hybridized carbons (Fsp3) is 0.207. The molecule has 0 spiro atoms. The Kier molecular flexibility index (Phi) is 7.44. The van der Waals surface area contributed by atoms with Crippen molar-refractivity contribution in [1.29, 1.82) is 0 Å². The van der Waals surface area contributed by atoms with Crippen molar-refractivity contribution in [3.8, 4) is 11.3 Å². The Hall–Kier alpha value is -4.14. The van der Waals surface area contributed by atoms with Crippen molar-refractivity contribution < 1.29 is 14.3 Å². The smallest absolute Gasteiger partial charge is 0.411 e. The number of nitrogens with two attached hydrogens (primary N) is 1. The normalized spacial score (nSPS) is 13.7. The number of fused-ring (bicyclic) bond motifs is 1. The second-order valence-corrected chi connectivity index (χ2v) is 9.55. The average Bonchev–Trinajstić information content (AvgIpc) is 3.42. The van der Waals surface area contributed by atoms with Gasteiger partial charge in [-0.1, -0.05) is 54.1 Å². The number of aromatic nitrogens is 2. The number of anilines is 1. The van der Waals surface area contributed by atoms with Crippen molar-refractivity contribution in [3.63, 3.8) is 0 Å². The molecule has 2 heterocycles. The van der Waals surface area contributed by atoms with Gasteiger partial charge in [-0.2, -0.15) is 0 Å². The molecule has 2 amide bonds. The molecule has 0 aliphatic carbocycles. The number of H-pyrrole nitrogens is 1. The molecule has 5 rings (SSSR count). The van der Waals surface area contributed by atoms with Gasteiger partial charge in [0.1, 0.15) is 5.82 Å². The second kappa shape index (κ2) is 11.1. The minimum absolute atomic E-state index is 0.0232. The van der Waals surface area contributed by atoms with Crippen LogP contribution < -0.4 is 11.1 Å². The lowest BCUT2D eigenvalue weighted by molar-refractivity contribution is 0.0648. The van der Waals surface area contributed by atoms with E-state index in [1.54, 1.807) is 24.4 Å². The summed E-state index contributed by atoms with van der Waals surface area (Å²) >= 11 is 6.55. The number of halogens is 1. The summed E-state index contributed by atoms with van der Waals surface area (Å²) < 4.78 is 4.64. The second-order valence-electron chi connectivity index (χ2n) is 9.14. The Morgan fingerprint density at radius 2 is 1.92 bits per heavy atom. The van der Waals surface area contributed by atoms with Crippen LogP contribution >= 0.6 is 11.6 Å². The van der Waals surface area contributed by atoms with E-state index in [9.17, 15) is 9.59 Å². The van der Waals surface area contributed by atoms with E-state index >= 15 is 0 Å². The summed E-state index contributed by atoms with van der Waals surface area (Å²) in [5.41, 5.74) is 11.6. The van der Waals surface area contributed by atoms with Crippen molar-refractivity contribution in [2.45, 2.75) is 25.4 Å². The summed E-state index contributed by atoms with van der Waals surface area (Å²) in [7, 11) is 1.30. The van der Waals surface area contributed by atoms with E-state index in [1.807, 2.05) is 41.3 Å². The van der Waals surface area contributed by atoms with E-state index in [4.69, 9.17) is 22.3 Å². The van der Waals surface area contributed by atoms with Crippen LogP contribution in [0.15, 0.2) is 72.9 Å². The van der Waals surface area contributed by atoms with Crippen LogP contribution in [0.25, 0.3) is 11.3 Å². The third kappa shape index (κ3) is 5.27. The number of rotatable bonds is 7. The molecule has 9 heteroatoms. The highest BCUT2D eigenvalue weighted by Gasteiger charge is 2.33. The minimum atomic E-state index is -0.576. The van der Waals surface area contributed by atoms with E-state index in [1.165, 1.54) is 7.11 Å². The molecule has 8 nitrogen and oxygen atoms in total. The molecular formula is C29H28ClN5O3. The lowest BCUT2D eigenvalue weighted by Gasteiger charge is -2.35. The molecule has 3 aromatic carbocycles. The summed E-state index contributed by atoms with van der Waals surface area (Å²) in [6.45, 7) is 1.02. The number of hydrogen-bond donors (Lipinski definition) is 3. The van der Waals surface area contributed by atoms with Crippen LogP contribution in [-0.2, 0) is 24.1 Å². The van der Waals surface area contributed by atoms with Crippen LogP contribution in [0.3, 0.4) is 0 Å². The Balaban J connectivity index is 1.47. The third-order valence-electron chi connectivity index (χ3n) is 6.77. The molecule has 1 aromatic heterocycles. The van der Waals surface area contributed by atoms with Crippen molar-refractivity contribution in [3.05, 3.63) is 106 Å². The molecule has 4 N–H and O–H groups in total. The van der Waals surface area contributed by atoms with Crippen LogP contribution in [-0.4, -0.2) is 40.5 Å². The van der Waals surface area contributed by atoms with Crippen LogP contribution in [0.1, 0.15) is 38.9 Å². The van der Waals surface area contributed by atoms with Gasteiger partial charge in [-0.3, -0.25) is 10.1 Å². The number of amides is 2. The lowest BCUT2D eigenvalue weighted by Crippen LogP contribution is -2.41. The molecule has 1 aliphatic heterocycles. The van der Waals surface area contributed by atoms with Crippen molar-refractivity contribution >= 4 is 29.3 Å². The molecule has 0 saturated carbocycles. The molecule has 1 aliphatic rings. The first-order chi connectivity index (χ1) is 18.5. The third-order valence-corrected chi connectivity index (χ3v) is 7.08. The molecule has 38 heavy (non-hydrogen) atoms. The first-order valence-corrected chi connectivity index (χ1v) is 12.7. The Labute approximate surface area is 225 Å². The Bertz CT molecular complexity index is 1470. The number of ether oxygens (including phenoxy) is 1. The van der Waals surface area contributed by atoms with Crippen molar-refractivity contribution in [2.24, 2.45) is 5.73 Å². The highest BCUT2D eigenvalue weighted by atomic mass is 35.5. The lowest BCUT2D eigenvalue weighted by atomic mass is 9.94. The predicted octanol–water partition coefficient (Wildman–Crippen LogP) is 5.35. The van der Waals surface area contributed by atoms with Gasteiger partial charge < -0.3 is 20.4 Å². The number of nitrogens with one attached hydrogen (secondary N) is 2. The largest absolute Gasteiger partial charge is 0.453 e. The number of aromatic amines is 1. The van der Waals surface area contributed by atoms with E-state index in [2.05, 4.69) is 27.2 Å². The van der Waals surface area contributed by atoms with Crippen molar-refractivity contribution in [2.75, 3.05) is 19.0 Å². The topological polar surface area (TPSA) is 113 Å². The molecule has 0 radical (unpaired) electrons. The number of hydrogen-bond acceptors (Lipinski definition) is 5. The molecular weight excluding hydrogens is 502 g/mol. The fourth-order valence-electron chi connectivity index (χ4n) is 4.80. The zero-order chi connectivity index (χ0) is 26.6. The van der Waals surface area contributed by atoms with Gasteiger partial charge in [0.05, 0.1) is 30.1 Å². The number of nitrogens with zero attached hydrogens (tertiary/aromatic N) is 2. The highest BCUT2D eigenvalue weighted by Crippen LogP contribution is 2.33. The molecule has 0 bridgehead atoms.